The fourth-order valence-electron chi connectivity index (χ4n) is 3.00. The first-order valence-corrected chi connectivity index (χ1v) is 12.3. The Labute approximate surface area is 156 Å². The van der Waals surface area contributed by atoms with E-state index in [9.17, 15) is 9.90 Å². The minimum absolute atomic E-state index is 0.0234. The van der Waals surface area contributed by atoms with Gasteiger partial charge in [0.05, 0.1) is 5.92 Å². The molecule has 0 aromatic rings. The molecule has 1 aliphatic rings. The number of ether oxygens (including phenoxy) is 1. The van der Waals surface area contributed by atoms with Gasteiger partial charge in [-0.2, -0.15) is 0 Å². The molecule has 1 N–H and O–H groups in total. The Morgan fingerprint density at radius 1 is 0.958 bits per heavy atom. The zero-order chi connectivity index (χ0) is 17.6. The van der Waals surface area contributed by atoms with Gasteiger partial charge < -0.3 is 9.84 Å². The fraction of sp³-hybridized carbons (Fsp3) is 0.947. The van der Waals surface area contributed by atoms with Crippen molar-refractivity contribution in [1.82, 2.24) is 0 Å². The van der Waals surface area contributed by atoms with E-state index in [2.05, 4.69) is 13.8 Å². The number of aliphatic hydroxyl groups excluding tert-OH is 1. The molecule has 1 unspecified atom stereocenters. The van der Waals surface area contributed by atoms with E-state index in [4.69, 9.17) is 4.74 Å². The highest BCUT2D eigenvalue weighted by molar-refractivity contribution is 8.76. The normalized spacial score (nSPS) is 22.3. The molecule has 1 aliphatic heterocycles. The molecule has 24 heavy (non-hydrogen) atoms. The molecular weight excluding hydrogens is 340 g/mol. The molecule has 1 rings (SSSR count). The van der Waals surface area contributed by atoms with Gasteiger partial charge in [-0.3, -0.25) is 4.79 Å². The first-order valence-electron chi connectivity index (χ1n) is 9.82. The second-order valence-corrected chi connectivity index (χ2v) is 9.41. The number of hydrogen-bond donors (Lipinski definition) is 1. The van der Waals surface area contributed by atoms with Gasteiger partial charge in [0.25, 0.3) is 0 Å². The molecule has 3 atom stereocenters. The van der Waals surface area contributed by atoms with Gasteiger partial charge in [-0.25, -0.2) is 0 Å². The largest absolute Gasteiger partial charge is 0.458 e. The van der Waals surface area contributed by atoms with Crippen LogP contribution in [0, 0.1) is 5.92 Å². The first-order chi connectivity index (χ1) is 11.7. The van der Waals surface area contributed by atoms with Crippen LogP contribution in [0.25, 0.3) is 0 Å². The van der Waals surface area contributed by atoms with Crippen molar-refractivity contribution in [1.29, 1.82) is 0 Å². The Balaban J connectivity index is 2.39. The van der Waals surface area contributed by atoms with Crippen LogP contribution in [0.3, 0.4) is 0 Å². The minimum atomic E-state index is -0.509. The third-order valence-electron chi connectivity index (χ3n) is 4.65. The average molecular weight is 377 g/mol. The maximum absolute atomic E-state index is 12.6. The maximum atomic E-state index is 12.6. The third-order valence-corrected chi connectivity index (χ3v) is 7.07. The van der Waals surface area contributed by atoms with Gasteiger partial charge in [-0.1, -0.05) is 93.2 Å². The van der Waals surface area contributed by atoms with Crippen molar-refractivity contribution in [2.24, 2.45) is 5.92 Å². The highest BCUT2D eigenvalue weighted by atomic mass is 33.1. The Morgan fingerprint density at radius 2 is 1.50 bits per heavy atom. The van der Waals surface area contributed by atoms with Gasteiger partial charge in [0.2, 0.25) is 0 Å². The van der Waals surface area contributed by atoms with Gasteiger partial charge in [0.15, 0.2) is 0 Å². The summed E-state index contributed by atoms with van der Waals surface area (Å²) >= 11 is 0. The highest BCUT2D eigenvalue weighted by Crippen LogP contribution is 2.32. The molecule has 3 nitrogen and oxygen atoms in total. The number of esters is 1. The molecule has 5 heteroatoms. The van der Waals surface area contributed by atoms with Crippen molar-refractivity contribution in [3.05, 3.63) is 0 Å². The molecule has 0 radical (unpaired) electrons. The van der Waals surface area contributed by atoms with Gasteiger partial charge in [-0.05, 0) is 12.8 Å². The van der Waals surface area contributed by atoms with Crippen LogP contribution in [0.1, 0.15) is 84.5 Å². The molecule has 0 bridgehead atoms. The zero-order valence-electron chi connectivity index (χ0n) is 15.5. The first kappa shape index (κ1) is 22.2. The molecule has 0 aromatic heterocycles. The predicted octanol–water partition coefficient (Wildman–Crippen LogP) is 5.60. The topological polar surface area (TPSA) is 46.5 Å². The lowest BCUT2D eigenvalue weighted by Gasteiger charge is -2.28. The van der Waals surface area contributed by atoms with Crippen LogP contribution in [0.5, 0.6) is 0 Å². The molecule has 0 saturated carbocycles. The summed E-state index contributed by atoms with van der Waals surface area (Å²) in [5.41, 5.74) is 0. The maximum Gasteiger partial charge on any atom is 0.309 e. The Morgan fingerprint density at radius 3 is 2.08 bits per heavy atom. The lowest BCUT2D eigenvalue weighted by molar-refractivity contribution is -0.158. The number of carbonyl (C=O) groups is 1. The van der Waals surface area contributed by atoms with Crippen molar-refractivity contribution < 1.29 is 14.6 Å². The number of hydrogen-bond acceptors (Lipinski definition) is 5. The number of aliphatic hydroxyl groups is 1. The summed E-state index contributed by atoms with van der Waals surface area (Å²) in [5.74, 6) is 1.31. The van der Waals surface area contributed by atoms with E-state index in [1.807, 2.05) is 0 Å². The van der Waals surface area contributed by atoms with E-state index in [1.54, 1.807) is 21.6 Å². The molecule has 0 aliphatic carbocycles. The molecule has 1 heterocycles. The van der Waals surface area contributed by atoms with Gasteiger partial charge in [0, 0.05) is 11.5 Å². The number of rotatable bonds is 13. The molecule has 0 amide bonds. The van der Waals surface area contributed by atoms with Crippen molar-refractivity contribution in [2.45, 2.75) is 96.7 Å². The van der Waals surface area contributed by atoms with Crippen molar-refractivity contribution in [3.63, 3.8) is 0 Å². The van der Waals surface area contributed by atoms with Crippen LogP contribution in [-0.4, -0.2) is 34.8 Å². The van der Waals surface area contributed by atoms with Crippen LogP contribution in [0.2, 0.25) is 0 Å². The average Bonchev–Trinajstić information content (AvgIpc) is 2.58. The number of unbranched alkanes of at least 4 members (excludes halogenated alkanes) is 7. The van der Waals surface area contributed by atoms with E-state index in [1.165, 1.54) is 44.9 Å². The minimum Gasteiger partial charge on any atom is -0.458 e. The van der Waals surface area contributed by atoms with E-state index < -0.39 is 6.10 Å². The van der Waals surface area contributed by atoms with Crippen molar-refractivity contribution in [2.75, 3.05) is 11.5 Å². The molecule has 0 spiro atoms. The lowest BCUT2D eigenvalue weighted by atomic mass is 9.94. The lowest BCUT2D eigenvalue weighted by Crippen LogP contribution is -2.38. The standard InChI is InChI=1S/C19H36O3S2/c1-3-5-7-9-11-13-16(12-10-8-6-4-2)19(21)22-18-15-24-23-14-17(18)20/h16-18,20H,3-15H2,1-2H3/t16?,17-,18-/m0/s1. The zero-order valence-corrected chi connectivity index (χ0v) is 17.1. The molecular formula is C19H36O3S2. The quantitative estimate of drug-likeness (QED) is 0.257. The summed E-state index contributed by atoms with van der Waals surface area (Å²) in [5, 5.41) is 10.0. The van der Waals surface area contributed by atoms with Gasteiger partial charge in [-0.15, -0.1) is 0 Å². The second-order valence-electron chi connectivity index (χ2n) is 6.86. The van der Waals surface area contributed by atoms with E-state index >= 15 is 0 Å². The summed E-state index contributed by atoms with van der Waals surface area (Å²) < 4.78 is 5.68. The summed E-state index contributed by atoms with van der Waals surface area (Å²) in [6, 6.07) is 0. The summed E-state index contributed by atoms with van der Waals surface area (Å²) in [6.45, 7) is 4.43. The monoisotopic (exact) mass is 376 g/mol. The van der Waals surface area contributed by atoms with E-state index in [-0.39, 0.29) is 18.0 Å². The second kappa shape index (κ2) is 14.3. The van der Waals surface area contributed by atoms with Crippen LogP contribution in [0.15, 0.2) is 0 Å². The van der Waals surface area contributed by atoms with Crippen LogP contribution in [0.4, 0.5) is 0 Å². The van der Waals surface area contributed by atoms with Gasteiger partial charge in [0.1, 0.15) is 12.2 Å². The highest BCUT2D eigenvalue weighted by Gasteiger charge is 2.30. The number of carbonyl (C=O) groups excluding carboxylic acids is 1. The summed E-state index contributed by atoms with van der Waals surface area (Å²) in [4.78, 5) is 12.6. The predicted molar refractivity (Wildman–Crippen MR) is 106 cm³/mol. The van der Waals surface area contributed by atoms with E-state index in [0.29, 0.717) is 11.5 Å². The Hall–Kier alpha value is 0.130. The smallest absolute Gasteiger partial charge is 0.309 e. The van der Waals surface area contributed by atoms with E-state index in [0.717, 1.165) is 25.7 Å². The molecule has 1 fully saturated rings. The molecule has 0 aromatic carbocycles. The van der Waals surface area contributed by atoms with Crippen molar-refractivity contribution >= 4 is 27.6 Å². The van der Waals surface area contributed by atoms with Crippen molar-refractivity contribution in [3.8, 4) is 0 Å². The van der Waals surface area contributed by atoms with Gasteiger partial charge >= 0.3 is 5.97 Å². The third kappa shape index (κ3) is 9.57. The summed E-state index contributed by atoms with van der Waals surface area (Å²) in [7, 11) is 3.35. The fourth-order valence-corrected chi connectivity index (χ4v) is 5.37. The Bertz CT molecular complexity index is 326. The van der Waals surface area contributed by atoms with Crippen LogP contribution >= 0.6 is 21.6 Å². The molecule has 142 valence electrons. The van der Waals surface area contributed by atoms with Crippen LogP contribution in [-0.2, 0) is 9.53 Å². The Kier molecular flexibility index (Phi) is 13.2. The molecule has 1 saturated heterocycles. The van der Waals surface area contributed by atoms with Crippen LogP contribution < -0.4 is 0 Å². The SMILES string of the molecule is CCCCCCCC(CCCCCC)C(=O)O[C@H]1CSSC[C@@H]1O. The summed E-state index contributed by atoms with van der Waals surface area (Å²) in [6.07, 6.45) is 12.0.